The molecule has 0 saturated carbocycles. The van der Waals surface area contributed by atoms with Crippen LogP contribution in [-0.2, 0) is 10.2 Å². The predicted octanol–water partition coefficient (Wildman–Crippen LogP) is 0.352. The number of rotatable bonds is 5. The average molecular weight is 319 g/mol. The Labute approximate surface area is 128 Å². The van der Waals surface area contributed by atoms with E-state index in [9.17, 15) is 8.42 Å². The monoisotopic (exact) mass is 319 g/mol. The van der Waals surface area contributed by atoms with Gasteiger partial charge in [-0.05, 0) is 32.1 Å². The van der Waals surface area contributed by atoms with E-state index >= 15 is 0 Å². The fourth-order valence-corrected chi connectivity index (χ4v) is 4.74. The summed E-state index contributed by atoms with van der Waals surface area (Å²) in [7, 11) is -3.31. The predicted molar refractivity (Wildman–Crippen MR) is 83.2 cm³/mol. The minimum absolute atomic E-state index is 0.168. The zero-order chi connectivity index (χ0) is 15.5. The lowest BCUT2D eigenvalue weighted by molar-refractivity contribution is 0.132. The highest BCUT2D eigenvalue weighted by Gasteiger charge is 2.34. The molecule has 2 heterocycles. The molecule has 2 fully saturated rings. The van der Waals surface area contributed by atoms with Gasteiger partial charge in [-0.3, -0.25) is 4.90 Å². The third-order valence-corrected chi connectivity index (χ3v) is 7.01. The molecule has 0 bridgehead atoms. The van der Waals surface area contributed by atoms with Gasteiger partial charge in [0.05, 0.1) is 0 Å². The molecule has 0 amide bonds. The lowest BCUT2D eigenvalue weighted by Crippen LogP contribution is -2.55. The highest BCUT2D eigenvalue weighted by Crippen LogP contribution is 2.22. The van der Waals surface area contributed by atoms with Crippen LogP contribution in [0.15, 0.2) is 0 Å². The molecule has 2 aliphatic rings. The summed E-state index contributed by atoms with van der Waals surface area (Å²) in [4.78, 5) is 2.37. The normalized spacial score (nSPS) is 26.0. The van der Waals surface area contributed by atoms with Crippen LogP contribution in [0.5, 0.6) is 0 Å². The van der Waals surface area contributed by atoms with Crippen LogP contribution in [-0.4, -0.2) is 79.0 Å². The quantitative estimate of drug-likeness (QED) is 0.794. The van der Waals surface area contributed by atoms with Crippen LogP contribution in [0.1, 0.15) is 33.1 Å². The standard InChI is InChI=1S/C14H29N3O3S/c1-3-13(2)15-8-10-17(11-9-15)21(19,20)16-6-4-14(12-18)5-7-16/h13-14,18H,3-12H2,1-2H3. The molecule has 2 aliphatic heterocycles. The van der Waals surface area contributed by atoms with Crippen LogP contribution in [0.2, 0.25) is 0 Å². The third kappa shape index (κ3) is 3.96. The number of nitrogens with zero attached hydrogens (tertiary/aromatic N) is 3. The Balaban J connectivity index is 1.90. The van der Waals surface area contributed by atoms with E-state index in [-0.39, 0.29) is 12.5 Å². The van der Waals surface area contributed by atoms with Gasteiger partial charge in [0, 0.05) is 51.9 Å². The maximum absolute atomic E-state index is 12.7. The van der Waals surface area contributed by atoms with Gasteiger partial charge in [0.15, 0.2) is 0 Å². The Morgan fingerprint density at radius 1 is 1.05 bits per heavy atom. The molecule has 0 aromatic rings. The molecule has 0 spiro atoms. The first-order valence-electron chi connectivity index (χ1n) is 8.09. The highest BCUT2D eigenvalue weighted by atomic mass is 32.2. The Bertz CT molecular complexity index is 413. The van der Waals surface area contributed by atoms with Crippen LogP contribution in [0.3, 0.4) is 0 Å². The molecule has 21 heavy (non-hydrogen) atoms. The fraction of sp³-hybridized carbons (Fsp3) is 1.00. The Morgan fingerprint density at radius 3 is 2.05 bits per heavy atom. The molecule has 0 aromatic heterocycles. The summed E-state index contributed by atoms with van der Waals surface area (Å²) in [6.07, 6.45) is 2.63. The van der Waals surface area contributed by atoms with Crippen LogP contribution in [0.4, 0.5) is 0 Å². The van der Waals surface area contributed by atoms with E-state index in [1.54, 1.807) is 8.61 Å². The molecule has 124 valence electrons. The molecule has 7 heteroatoms. The Morgan fingerprint density at radius 2 is 1.57 bits per heavy atom. The number of piperazine rings is 1. The maximum Gasteiger partial charge on any atom is 0.282 e. The molecule has 1 atom stereocenters. The number of aliphatic hydroxyl groups excluding tert-OH is 1. The smallest absolute Gasteiger partial charge is 0.282 e. The molecular weight excluding hydrogens is 290 g/mol. The minimum atomic E-state index is -3.31. The molecule has 0 aliphatic carbocycles. The number of aliphatic hydroxyl groups is 1. The minimum Gasteiger partial charge on any atom is -0.396 e. The van der Waals surface area contributed by atoms with Crippen molar-refractivity contribution in [3.63, 3.8) is 0 Å². The first-order chi connectivity index (χ1) is 9.98. The Hall–Kier alpha value is -0.210. The highest BCUT2D eigenvalue weighted by molar-refractivity contribution is 7.86. The van der Waals surface area contributed by atoms with E-state index in [0.717, 1.165) is 32.4 Å². The van der Waals surface area contributed by atoms with Crippen molar-refractivity contribution in [3.05, 3.63) is 0 Å². The van der Waals surface area contributed by atoms with Gasteiger partial charge in [-0.1, -0.05) is 6.92 Å². The topological polar surface area (TPSA) is 64.1 Å². The van der Waals surface area contributed by atoms with Crippen molar-refractivity contribution in [1.29, 1.82) is 0 Å². The molecule has 0 aromatic carbocycles. The molecular formula is C14H29N3O3S. The summed E-state index contributed by atoms with van der Waals surface area (Å²) in [5, 5.41) is 9.15. The van der Waals surface area contributed by atoms with E-state index in [1.165, 1.54) is 0 Å². The van der Waals surface area contributed by atoms with Gasteiger partial charge in [-0.15, -0.1) is 0 Å². The van der Waals surface area contributed by atoms with Crippen molar-refractivity contribution in [2.45, 2.75) is 39.2 Å². The largest absolute Gasteiger partial charge is 0.396 e. The number of hydrogen-bond donors (Lipinski definition) is 1. The molecule has 1 N–H and O–H groups in total. The summed E-state index contributed by atoms with van der Waals surface area (Å²) in [5.41, 5.74) is 0. The van der Waals surface area contributed by atoms with Crippen LogP contribution >= 0.6 is 0 Å². The SMILES string of the molecule is CCC(C)N1CCN(S(=O)(=O)N2CCC(CO)CC2)CC1. The number of hydrogen-bond acceptors (Lipinski definition) is 4. The molecule has 1 unspecified atom stereocenters. The second kappa shape index (κ2) is 7.37. The lowest BCUT2D eigenvalue weighted by atomic mass is 10.00. The van der Waals surface area contributed by atoms with Crippen LogP contribution in [0, 0.1) is 5.92 Å². The first-order valence-corrected chi connectivity index (χ1v) is 9.48. The Kier molecular flexibility index (Phi) is 6.02. The average Bonchev–Trinajstić information content (AvgIpc) is 2.54. The van der Waals surface area contributed by atoms with Gasteiger partial charge in [0.1, 0.15) is 0 Å². The van der Waals surface area contributed by atoms with Crippen molar-refractivity contribution < 1.29 is 13.5 Å². The van der Waals surface area contributed by atoms with Gasteiger partial charge in [0.25, 0.3) is 10.2 Å². The molecule has 2 saturated heterocycles. The van der Waals surface area contributed by atoms with E-state index in [0.29, 0.717) is 32.2 Å². The summed E-state index contributed by atoms with van der Waals surface area (Å²) in [5.74, 6) is 0.263. The van der Waals surface area contributed by atoms with Gasteiger partial charge in [0.2, 0.25) is 0 Å². The molecule has 0 radical (unpaired) electrons. The van der Waals surface area contributed by atoms with Crippen molar-refractivity contribution in [2.75, 3.05) is 45.9 Å². The zero-order valence-corrected chi connectivity index (χ0v) is 14.1. The van der Waals surface area contributed by atoms with E-state index in [1.807, 2.05) is 0 Å². The van der Waals surface area contributed by atoms with E-state index < -0.39 is 10.2 Å². The molecule has 6 nitrogen and oxygen atoms in total. The van der Waals surface area contributed by atoms with Crippen molar-refractivity contribution in [3.8, 4) is 0 Å². The first kappa shape index (κ1) is 17.1. The zero-order valence-electron chi connectivity index (χ0n) is 13.2. The summed E-state index contributed by atoms with van der Waals surface area (Å²) >= 11 is 0. The van der Waals surface area contributed by atoms with Crippen LogP contribution in [0.25, 0.3) is 0 Å². The summed E-state index contributed by atoms with van der Waals surface area (Å²) in [6.45, 7) is 8.44. The van der Waals surface area contributed by atoms with Gasteiger partial charge < -0.3 is 5.11 Å². The lowest BCUT2D eigenvalue weighted by Gasteiger charge is -2.40. The third-order valence-electron chi connectivity index (χ3n) is 4.97. The maximum atomic E-state index is 12.7. The van der Waals surface area contributed by atoms with Gasteiger partial charge >= 0.3 is 0 Å². The van der Waals surface area contributed by atoms with Crippen LogP contribution < -0.4 is 0 Å². The van der Waals surface area contributed by atoms with E-state index in [2.05, 4.69) is 18.7 Å². The fourth-order valence-electron chi connectivity index (χ4n) is 3.12. The second-order valence-corrected chi connectivity index (χ2v) is 8.15. The van der Waals surface area contributed by atoms with Gasteiger partial charge in [-0.2, -0.15) is 17.0 Å². The number of piperidine rings is 1. The summed E-state index contributed by atoms with van der Waals surface area (Å²) in [6, 6.07) is 0.523. The van der Waals surface area contributed by atoms with E-state index in [4.69, 9.17) is 5.11 Å². The van der Waals surface area contributed by atoms with Crippen molar-refractivity contribution in [2.24, 2.45) is 5.92 Å². The van der Waals surface area contributed by atoms with Gasteiger partial charge in [-0.25, -0.2) is 0 Å². The van der Waals surface area contributed by atoms with Crippen molar-refractivity contribution >= 4 is 10.2 Å². The summed E-state index contributed by atoms with van der Waals surface area (Å²) < 4.78 is 28.5. The second-order valence-electron chi connectivity index (χ2n) is 6.23. The molecule has 2 rings (SSSR count). The van der Waals surface area contributed by atoms with Crippen molar-refractivity contribution in [1.82, 2.24) is 13.5 Å².